The lowest BCUT2D eigenvalue weighted by Crippen LogP contribution is -2.37. The van der Waals surface area contributed by atoms with Gasteiger partial charge in [-0.1, -0.05) is 0 Å². The van der Waals surface area contributed by atoms with Gasteiger partial charge in [-0.2, -0.15) is 4.37 Å². The number of nitrogens with zero attached hydrogens (tertiary/aromatic N) is 3. The van der Waals surface area contributed by atoms with Crippen LogP contribution in [0.1, 0.15) is 19.3 Å². The van der Waals surface area contributed by atoms with Crippen molar-refractivity contribution in [2.75, 3.05) is 42.8 Å². The van der Waals surface area contributed by atoms with Crippen LogP contribution >= 0.6 is 27.5 Å². The average Bonchev–Trinajstić information content (AvgIpc) is 3.09. The Kier molecular flexibility index (Phi) is 8.36. The molecule has 0 radical (unpaired) electrons. The van der Waals surface area contributed by atoms with Crippen molar-refractivity contribution >= 4 is 48.3 Å². The van der Waals surface area contributed by atoms with Crippen molar-refractivity contribution in [3.63, 3.8) is 0 Å². The van der Waals surface area contributed by atoms with Crippen LogP contribution in [-0.4, -0.2) is 66.7 Å². The standard InChI is InChI=1S/C17H24BrFN6O3S2/c18-12-8-15(30(27,28)24-17-22-11-23-29-17)13(19)9-14(12)20-4-1-2-6-25-7-3-5-21-16(26)10-25/h8-9,11,16,20-21,26H,1-7,10H2,(H,22,23,24). The first-order valence-corrected chi connectivity index (χ1v) is 12.6. The molecule has 2 heterocycles. The first-order valence-electron chi connectivity index (χ1n) is 9.51. The highest BCUT2D eigenvalue weighted by molar-refractivity contribution is 9.10. The van der Waals surface area contributed by atoms with Crippen molar-refractivity contribution in [1.29, 1.82) is 0 Å². The van der Waals surface area contributed by atoms with Crippen molar-refractivity contribution in [2.45, 2.75) is 30.4 Å². The molecule has 4 N–H and O–H groups in total. The van der Waals surface area contributed by atoms with Crippen LogP contribution < -0.4 is 15.4 Å². The number of aliphatic hydroxyl groups excluding tert-OH is 1. The van der Waals surface area contributed by atoms with Gasteiger partial charge in [0, 0.05) is 29.1 Å². The van der Waals surface area contributed by atoms with Crippen molar-refractivity contribution in [1.82, 2.24) is 19.6 Å². The van der Waals surface area contributed by atoms with Crippen molar-refractivity contribution in [2.24, 2.45) is 0 Å². The van der Waals surface area contributed by atoms with Gasteiger partial charge in [-0.15, -0.1) is 0 Å². The van der Waals surface area contributed by atoms with Gasteiger partial charge in [0.2, 0.25) is 5.13 Å². The predicted molar refractivity (Wildman–Crippen MR) is 118 cm³/mol. The van der Waals surface area contributed by atoms with E-state index in [9.17, 15) is 17.9 Å². The second kappa shape index (κ2) is 10.8. The number of aromatic nitrogens is 2. The minimum Gasteiger partial charge on any atom is -0.384 e. The number of benzene rings is 1. The summed E-state index contributed by atoms with van der Waals surface area (Å²) in [5.74, 6) is -0.858. The summed E-state index contributed by atoms with van der Waals surface area (Å²) in [6.07, 6.45) is 3.52. The summed E-state index contributed by atoms with van der Waals surface area (Å²) in [6, 6.07) is 2.39. The predicted octanol–water partition coefficient (Wildman–Crippen LogP) is 2.05. The second-order valence-electron chi connectivity index (χ2n) is 6.87. The van der Waals surface area contributed by atoms with Crippen LogP contribution in [0, 0.1) is 5.82 Å². The van der Waals surface area contributed by atoms with E-state index in [4.69, 9.17) is 0 Å². The van der Waals surface area contributed by atoms with Gasteiger partial charge in [-0.05, 0) is 67.0 Å². The average molecular weight is 523 g/mol. The number of hydrogen-bond acceptors (Lipinski definition) is 9. The Morgan fingerprint density at radius 1 is 1.40 bits per heavy atom. The first-order chi connectivity index (χ1) is 14.3. The quantitative estimate of drug-likeness (QED) is 0.369. The van der Waals surface area contributed by atoms with Gasteiger partial charge in [0.25, 0.3) is 10.0 Å². The minimum atomic E-state index is -4.11. The van der Waals surface area contributed by atoms with Crippen LogP contribution in [0.3, 0.4) is 0 Å². The maximum atomic E-state index is 14.5. The second-order valence-corrected chi connectivity index (χ2v) is 10.2. The van der Waals surface area contributed by atoms with Crippen molar-refractivity contribution in [3.8, 4) is 0 Å². The minimum absolute atomic E-state index is 0.0698. The number of nitrogens with one attached hydrogen (secondary N) is 3. The molecule has 0 amide bonds. The molecule has 1 aliphatic rings. The number of unbranched alkanes of at least 4 members (excludes halogenated alkanes) is 1. The zero-order valence-corrected chi connectivity index (χ0v) is 19.4. The van der Waals surface area contributed by atoms with E-state index in [0.717, 1.165) is 56.5 Å². The van der Waals surface area contributed by atoms with Gasteiger partial charge >= 0.3 is 0 Å². The molecular formula is C17H24BrFN6O3S2. The van der Waals surface area contributed by atoms with Gasteiger partial charge in [-0.3, -0.25) is 14.9 Å². The number of hydrogen-bond donors (Lipinski definition) is 4. The van der Waals surface area contributed by atoms with Crippen LogP contribution in [0.5, 0.6) is 0 Å². The van der Waals surface area contributed by atoms with Gasteiger partial charge in [0.05, 0.1) is 5.69 Å². The Balaban J connectivity index is 1.51. The summed E-state index contributed by atoms with van der Waals surface area (Å²) in [4.78, 5) is 5.51. The zero-order valence-electron chi connectivity index (χ0n) is 16.1. The molecule has 0 spiro atoms. The molecule has 9 nitrogen and oxygen atoms in total. The Morgan fingerprint density at radius 3 is 3.00 bits per heavy atom. The summed E-state index contributed by atoms with van der Waals surface area (Å²) in [5.41, 5.74) is 0.483. The molecule has 1 saturated heterocycles. The summed E-state index contributed by atoms with van der Waals surface area (Å²) in [7, 11) is -4.11. The molecule has 1 fully saturated rings. The number of sulfonamides is 1. The molecule has 1 aromatic heterocycles. The van der Waals surface area contributed by atoms with Crippen molar-refractivity contribution < 1.29 is 17.9 Å². The highest BCUT2D eigenvalue weighted by atomic mass is 79.9. The van der Waals surface area contributed by atoms with E-state index in [-0.39, 0.29) is 5.13 Å². The number of β-amino-alcohol motifs (C(OH)–C–C–N with tert-alkyl or cyclic N) is 1. The van der Waals surface area contributed by atoms with Crippen LogP contribution in [0.2, 0.25) is 0 Å². The smallest absolute Gasteiger partial charge is 0.266 e. The Bertz CT molecular complexity index is 932. The van der Waals surface area contributed by atoms with Crippen LogP contribution in [0.15, 0.2) is 27.8 Å². The van der Waals surface area contributed by atoms with Crippen molar-refractivity contribution in [3.05, 3.63) is 28.7 Å². The highest BCUT2D eigenvalue weighted by Gasteiger charge is 2.22. The Hall–Kier alpha value is -1.38. The van der Waals surface area contributed by atoms with Gasteiger partial charge in [0.1, 0.15) is 23.3 Å². The number of anilines is 2. The Labute approximate surface area is 187 Å². The Morgan fingerprint density at radius 2 is 2.23 bits per heavy atom. The molecule has 0 aliphatic carbocycles. The molecule has 166 valence electrons. The zero-order chi connectivity index (χ0) is 21.6. The first kappa shape index (κ1) is 23.3. The molecule has 0 bridgehead atoms. The fraction of sp³-hybridized carbons (Fsp3) is 0.529. The fourth-order valence-electron chi connectivity index (χ4n) is 3.12. The summed E-state index contributed by atoms with van der Waals surface area (Å²) < 4.78 is 45.7. The van der Waals surface area contributed by atoms with Gasteiger partial charge in [-0.25, -0.2) is 17.8 Å². The van der Waals surface area contributed by atoms with E-state index in [1.807, 2.05) is 0 Å². The largest absolute Gasteiger partial charge is 0.384 e. The van der Waals surface area contributed by atoms with E-state index < -0.39 is 27.0 Å². The lowest BCUT2D eigenvalue weighted by atomic mass is 10.2. The van der Waals surface area contributed by atoms with Gasteiger partial charge in [0.15, 0.2) is 0 Å². The van der Waals surface area contributed by atoms with Gasteiger partial charge < -0.3 is 10.4 Å². The third kappa shape index (κ3) is 6.56. The molecule has 1 atom stereocenters. The lowest BCUT2D eigenvalue weighted by Gasteiger charge is -2.21. The maximum absolute atomic E-state index is 14.5. The number of aliphatic hydroxyl groups is 1. The number of rotatable bonds is 9. The summed E-state index contributed by atoms with van der Waals surface area (Å²) >= 11 is 4.18. The molecular weight excluding hydrogens is 499 g/mol. The molecule has 1 aliphatic heterocycles. The normalized spacial score (nSPS) is 18.2. The summed E-state index contributed by atoms with van der Waals surface area (Å²) in [6.45, 7) is 3.88. The van der Waals surface area contributed by atoms with E-state index in [2.05, 4.69) is 45.5 Å². The summed E-state index contributed by atoms with van der Waals surface area (Å²) in [5, 5.41) is 16.0. The fourth-order valence-corrected chi connectivity index (χ4v) is 5.50. The monoisotopic (exact) mass is 522 g/mol. The van der Waals surface area contributed by atoms with E-state index >= 15 is 0 Å². The third-order valence-corrected chi connectivity index (χ3v) is 7.29. The van der Waals surface area contributed by atoms with Crippen LogP contribution in [0.4, 0.5) is 15.2 Å². The molecule has 3 rings (SSSR count). The SMILES string of the molecule is O=S(=O)(Nc1ncns1)c1cc(Br)c(NCCCCN2CCCNC(O)C2)cc1F. The molecule has 13 heteroatoms. The number of halogens is 2. The molecule has 0 saturated carbocycles. The molecule has 1 unspecified atom stereocenters. The molecule has 30 heavy (non-hydrogen) atoms. The van der Waals surface area contributed by atoms with E-state index in [0.29, 0.717) is 23.2 Å². The van der Waals surface area contributed by atoms with E-state index in [1.54, 1.807) is 0 Å². The third-order valence-electron chi connectivity index (χ3n) is 4.57. The van der Waals surface area contributed by atoms with Crippen LogP contribution in [-0.2, 0) is 10.0 Å². The molecule has 2 aromatic rings. The lowest BCUT2D eigenvalue weighted by molar-refractivity contribution is 0.102. The van der Waals surface area contributed by atoms with E-state index in [1.165, 1.54) is 12.4 Å². The maximum Gasteiger partial charge on any atom is 0.266 e. The topological polar surface area (TPSA) is 119 Å². The van der Waals surface area contributed by atoms with Crippen LogP contribution in [0.25, 0.3) is 0 Å². The molecule has 1 aromatic carbocycles. The highest BCUT2D eigenvalue weighted by Crippen LogP contribution is 2.29.